The minimum Gasteiger partial charge on any atom is -0.396 e. The highest BCUT2D eigenvalue weighted by atomic mass is 16.3. The summed E-state index contributed by atoms with van der Waals surface area (Å²) in [4.78, 5) is 14.2. The predicted molar refractivity (Wildman–Crippen MR) is 74.2 cm³/mol. The second kappa shape index (κ2) is 7.78. The van der Waals surface area contributed by atoms with Crippen LogP contribution in [0.1, 0.15) is 52.4 Å². The van der Waals surface area contributed by atoms with Crippen LogP contribution in [0.3, 0.4) is 0 Å². The fourth-order valence-corrected chi connectivity index (χ4v) is 2.75. The molecule has 1 aliphatic carbocycles. The van der Waals surface area contributed by atoms with Crippen LogP contribution in [0.5, 0.6) is 0 Å². The van der Waals surface area contributed by atoms with Crippen LogP contribution in [0.4, 0.5) is 0 Å². The summed E-state index contributed by atoms with van der Waals surface area (Å²) >= 11 is 0. The third-order valence-corrected chi connectivity index (χ3v) is 4.15. The number of aliphatic hydroxyl groups excluding tert-OH is 1. The predicted octanol–water partition coefficient (Wildman–Crippen LogP) is 2.68. The standard InChI is InChI=1S/C15H29NO2/c1-12(2)8-10-16(3)15(18)14-6-4-13(5-7-14)9-11-17/h12-14,17H,4-11H2,1-3H3. The first kappa shape index (κ1) is 15.5. The molecule has 106 valence electrons. The molecular weight excluding hydrogens is 226 g/mol. The Balaban J connectivity index is 2.30. The van der Waals surface area contributed by atoms with Crippen molar-refractivity contribution in [2.75, 3.05) is 20.2 Å². The van der Waals surface area contributed by atoms with Crippen LogP contribution >= 0.6 is 0 Å². The molecule has 1 N–H and O–H groups in total. The number of carbonyl (C=O) groups is 1. The molecule has 0 aliphatic heterocycles. The monoisotopic (exact) mass is 255 g/mol. The molecule has 0 heterocycles. The molecule has 3 nitrogen and oxygen atoms in total. The third-order valence-electron chi connectivity index (χ3n) is 4.15. The lowest BCUT2D eigenvalue weighted by atomic mass is 9.80. The van der Waals surface area contributed by atoms with E-state index in [9.17, 15) is 4.79 Å². The van der Waals surface area contributed by atoms with Crippen LogP contribution in [0.15, 0.2) is 0 Å². The van der Waals surface area contributed by atoms with E-state index in [1.807, 2.05) is 11.9 Å². The lowest BCUT2D eigenvalue weighted by Crippen LogP contribution is -2.36. The molecule has 0 saturated heterocycles. The molecule has 3 heteroatoms. The maximum Gasteiger partial charge on any atom is 0.225 e. The Morgan fingerprint density at radius 3 is 2.39 bits per heavy atom. The highest BCUT2D eigenvalue weighted by Gasteiger charge is 2.27. The van der Waals surface area contributed by atoms with Gasteiger partial charge in [0.25, 0.3) is 0 Å². The van der Waals surface area contributed by atoms with E-state index >= 15 is 0 Å². The maximum atomic E-state index is 12.3. The molecule has 1 amide bonds. The van der Waals surface area contributed by atoms with E-state index in [1.165, 1.54) is 0 Å². The molecule has 0 radical (unpaired) electrons. The van der Waals surface area contributed by atoms with E-state index in [0.29, 0.717) is 17.7 Å². The van der Waals surface area contributed by atoms with Crippen LogP contribution in [0.2, 0.25) is 0 Å². The molecular formula is C15H29NO2. The fraction of sp³-hybridized carbons (Fsp3) is 0.933. The van der Waals surface area contributed by atoms with Crippen molar-refractivity contribution >= 4 is 5.91 Å². The van der Waals surface area contributed by atoms with E-state index in [-0.39, 0.29) is 12.5 Å². The zero-order valence-corrected chi connectivity index (χ0v) is 12.2. The number of aliphatic hydroxyl groups is 1. The fourth-order valence-electron chi connectivity index (χ4n) is 2.75. The first-order valence-corrected chi connectivity index (χ1v) is 7.40. The van der Waals surface area contributed by atoms with Crippen LogP contribution in [0.25, 0.3) is 0 Å². The third kappa shape index (κ3) is 4.97. The topological polar surface area (TPSA) is 40.5 Å². The summed E-state index contributed by atoms with van der Waals surface area (Å²) in [7, 11) is 1.94. The van der Waals surface area contributed by atoms with E-state index in [1.54, 1.807) is 0 Å². The first-order chi connectivity index (χ1) is 8.54. The van der Waals surface area contributed by atoms with Gasteiger partial charge in [-0.3, -0.25) is 4.79 Å². The van der Waals surface area contributed by atoms with Crippen LogP contribution < -0.4 is 0 Å². The second-order valence-corrected chi connectivity index (χ2v) is 6.17. The zero-order chi connectivity index (χ0) is 13.5. The van der Waals surface area contributed by atoms with Crippen molar-refractivity contribution in [1.82, 2.24) is 4.90 Å². The van der Waals surface area contributed by atoms with Gasteiger partial charge in [0.05, 0.1) is 0 Å². The molecule has 0 spiro atoms. The summed E-state index contributed by atoms with van der Waals surface area (Å²) in [6.07, 6.45) is 6.22. The van der Waals surface area contributed by atoms with E-state index < -0.39 is 0 Å². The summed E-state index contributed by atoms with van der Waals surface area (Å²) in [6, 6.07) is 0. The van der Waals surface area contributed by atoms with Gasteiger partial charge in [0, 0.05) is 26.1 Å². The Bertz CT molecular complexity index is 245. The summed E-state index contributed by atoms with van der Waals surface area (Å²) in [6.45, 7) is 5.56. The Morgan fingerprint density at radius 1 is 1.28 bits per heavy atom. The van der Waals surface area contributed by atoms with Crippen molar-refractivity contribution in [2.24, 2.45) is 17.8 Å². The van der Waals surface area contributed by atoms with Crippen molar-refractivity contribution in [1.29, 1.82) is 0 Å². The Hall–Kier alpha value is -0.570. The van der Waals surface area contributed by atoms with Crippen molar-refractivity contribution in [3.05, 3.63) is 0 Å². The average molecular weight is 255 g/mol. The molecule has 0 bridgehead atoms. The SMILES string of the molecule is CC(C)CCN(C)C(=O)C1CCC(CCO)CC1. The van der Waals surface area contributed by atoms with Crippen molar-refractivity contribution < 1.29 is 9.90 Å². The number of hydrogen-bond donors (Lipinski definition) is 1. The molecule has 0 unspecified atom stereocenters. The Kier molecular flexibility index (Phi) is 6.69. The van der Waals surface area contributed by atoms with Gasteiger partial charge in [-0.25, -0.2) is 0 Å². The second-order valence-electron chi connectivity index (χ2n) is 6.17. The van der Waals surface area contributed by atoms with Gasteiger partial charge in [0.2, 0.25) is 5.91 Å². The number of hydrogen-bond acceptors (Lipinski definition) is 2. The molecule has 0 atom stereocenters. The molecule has 18 heavy (non-hydrogen) atoms. The van der Waals surface area contributed by atoms with E-state index in [0.717, 1.165) is 45.1 Å². The lowest BCUT2D eigenvalue weighted by Gasteiger charge is -2.30. The van der Waals surface area contributed by atoms with Crippen molar-refractivity contribution in [3.8, 4) is 0 Å². The number of carbonyl (C=O) groups excluding carboxylic acids is 1. The smallest absolute Gasteiger partial charge is 0.225 e. The molecule has 1 rings (SSSR count). The van der Waals surface area contributed by atoms with Gasteiger partial charge >= 0.3 is 0 Å². The highest BCUT2D eigenvalue weighted by molar-refractivity contribution is 5.78. The molecule has 1 aliphatic rings. The summed E-state index contributed by atoms with van der Waals surface area (Å²) in [5, 5.41) is 8.93. The minimum absolute atomic E-state index is 0.233. The number of amides is 1. The van der Waals surface area contributed by atoms with Crippen molar-refractivity contribution in [3.63, 3.8) is 0 Å². The van der Waals surface area contributed by atoms with Crippen LogP contribution in [-0.4, -0.2) is 36.1 Å². The Morgan fingerprint density at radius 2 is 1.89 bits per heavy atom. The number of rotatable bonds is 6. The summed E-state index contributed by atoms with van der Waals surface area (Å²) in [5.74, 6) is 1.86. The van der Waals surface area contributed by atoms with Crippen molar-refractivity contribution in [2.45, 2.75) is 52.4 Å². The van der Waals surface area contributed by atoms with Gasteiger partial charge in [0.1, 0.15) is 0 Å². The average Bonchev–Trinajstić information content (AvgIpc) is 2.36. The molecule has 0 aromatic carbocycles. The molecule has 0 aromatic rings. The van der Waals surface area contributed by atoms with E-state index in [2.05, 4.69) is 13.8 Å². The van der Waals surface area contributed by atoms with Gasteiger partial charge in [-0.2, -0.15) is 0 Å². The normalized spacial score (nSPS) is 24.3. The van der Waals surface area contributed by atoms with Gasteiger partial charge in [-0.15, -0.1) is 0 Å². The molecule has 0 aromatic heterocycles. The lowest BCUT2D eigenvalue weighted by molar-refractivity contribution is -0.135. The van der Waals surface area contributed by atoms with Gasteiger partial charge in [-0.1, -0.05) is 13.8 Å². The highest BCUT2D eigenvalue weighted by Crippen LogP contribution is 2.31. The largest absolute Gasteiger partial charge is 0.396 e. The summed E-state index contributed by atoms with van der Waals surface area (Å²) in [5.41, 5.74) is 0. The van der Waals surface area contributed by atoms with Crippen LogP contribution in [-0.2, 0) is 4.79 Å². The first-order valence-electron chi connectivity index (χ1n) is 7.40. The zero-order valence-electron chi connectivity index (χ0n) is 12.2. The maximum absolute atomic E-state index is 12.3. The van der Waals surface area contributed by atoms with Gasteiger partial charge in [-0.05, 0) is 50.4 Å². The summed E-state index contributed by atoms with van der Waals surface area (Å²) < 4.78 is 0. The molecule has 1 saturated carbocycles. The molecule has 1 fully saturated rings. The quantitative estimate of drug-likeness (QED) is 0.792. The Labute approximate surface area is 112 Å². The van der Waals surface area contributed by atoms with E-state index in [4.69, 9.17) is 5.11 Å². The number of nitrogens with zero attached hydrogens (tertiary/aromatic N) is 1. The van der Waals surface area contributed by atoms with Gasteiger partial charge in [0.15, 0.2) is 0 Å². The minimum atomic E-state index is 0.233. The van der Waals surface area contributed by atoms with Gasteiger partial charge < -0.3 is 10.0 Å². The van der Waals surface area contributed by atoms with Crippen LogP contribution in [0, 0.1) is 17.8 Å².